The molecular weight excluding hydrogens is 234 g/mol. The van der Waals surface area contributed by atoms with Gasteiger partial charge in [0.05, 0.1) is 9.71 Å². The molecule has 2 aromatic carbocycles. The van der Waals surface area contributed by atoms with Crippen molar-refractivity contribution < 1.29 is 0 Å². The van der Waals surface area contributed by atoms with Crippen molar-refractivity contribution in [2.75, 3.05) is 0 Å². The Labute approximate surface area is 104 Å². The van der Waals surface area contributed by atoms with Gasteiger partial charge in [0.2, 0.25) is 0 Å². The first kappa shape index (κ1) is 9.87. The Balaban J connectivity index is 2.54. The van der Waals surface area contributed by atoms with Crippen LogP contribution in [0.5, 0.6) is 0 Å². The lowest BCUT2D eigenvalue weighted by Crippen LogP contribution is -1.87. The van der Waals surface area contributed by atoms with Crippen LogP contribution in [0.1, 0.15) is 5.56 Å². The minimum Gasteiger partial charge on any atom is -0.354 e. The Morgan fingerprint density at radius 1 is 1.00 bits per heavy atom. The highest BCUT2D eigenvalue weighted by Crippen LogP contribution is 2.28. The summed E-state index contributed by atoms with van der Waals surface area (Å²) in [5.74, 6) is 0. The second-order valence-corrected chi connectivity index (χ2v) is 4.86. The number of benzene rings is 2. The van der Waals surface area contributed by atoms with Crippen LogP contribution >= 0.6 is 24.8 Å². The Hall–Kier alpha value is -1.32. The van der Waals surface area contributed by atoms with Gasteiger partial charge >= 0.3 is 0 Å². The number of thiol groups is 1. The molecule has 3 heteroatoms. The molecule has 1 heterocycles. The third-order valence-electron chi connectivity index (χ3n) is 2.77. The van der Waals surface area contributed by atoms with Gasteiger partial charge in [-0.3, -0.25) is 0 Å². The van der Waals surface area contributed by atoms with E-state index in [-0.39, 0.29) is 0 Å². The molecule has 78 valence electrons. The molecule has 0 radical (unpaired) electrons. The van der Waals surface area contributed by atoms with Crippen molar-refractivity contribution in [3.63, 3.8) is 0 Å². The predicted octanol–water partition coefficient (Wildman–Crippen LogP) is 3.93. The van der Waals surface area contributed by atoms with Crippen LogP contribution in [0.15, 0.2) is 42.5 Å². The maximum Gasteiger partial charge on any atom is 0.0768 e. The van der Waals surface area contributed by atoms with Crippen molar-refractivity contribution in [2.24, 2.45) is 0 Å². The standard InChI is InChI=1S/C13H9NS2/c15-13(16)10-6-3-5-9-8-4-1-2-7-11(8)14-12(9)10/h1-7,14H,(H,15,16). The highest BCUT2D eigenvalue weighted by atomic mass is 32.1. The molecule has 3 aromatic rings. The lowest BCUT2D eigenvalue weighted by atomic mass is 10.1. The van der Waals surface area contributed by atoms with Crippen molar-refractivity contribution in [3.8, 4) is 0 Å². The molecule has 3 rings (SSSR count). The van der Waals surface area contributed by atoms with Gasteiger partial charge in [-0.15, -0.1) is 12.6 Å². The van der Waals surface area contributed by atoms with Gasteiger partial charge < -0.3 is 4.98 Å². The normalized spacial score (nSPS) is 11.1. The summed E-state index contributed by atoms with van der Waals surface area (Å²) in [6, 6.07) is 14.4. The summed E-state index contributed by atoms with van der Waals surface area (Å²) in [6.07, 6.45) is 0. The average Bonchev–Trinajstić information content (AvgIpc) is 2.67. The summed E-state index contributed by atoms with van der Waals surface area (Å²) in [6.45, 7) is 0. The van der Waals surface area contributed by atoms with E-state index in [1.165, 1.54) is 10.8 Å². The molecule has 0 saturated heterocycles. The summed E-state index contributed by atoms with van der Waals surface area (Å²) in [5, 5.41) is 2.42. The molecule has 0 aliphatic carbocycles. The zero-order valence-corrected chi connectivity index (χ0v) is 10.1. The third-order valence-corrected chi connectivity index (χ3v) is 3.23. The second-order valence-electron chi connectivity index (χ2n) is 3.70. The Morgan fingerprint density at radius 3 is 2.56 bits per heavy atom. The van der Waals surface area contributed by atoms with E-state index in [2.05, 4.69) is 35.8 Å². The number of hydrogen-bond acceptors (Lipinski definition) is 1. The number of thiocarbonyl (C=S) groups is 1. The molecule has 0 atom stereocenters. The molecule has 0 unspecified atom stereocenters. The fraction of sp³-hybridized carbons (Fsp3) is 0. The first-order valence-electron chi connectivity index (χ1n) is 5.00. The summed E-state index contributed by atoms with van der Waals surface area (Å²) in [5.41, 5.74) is 3.20. The van der Waals surface area contributed by atoms with Gasteiger partial charge in [0, 0.05) is 21.9 Å². The number of rotatable bonds is 1. The van der Waals surface area contributed by atoms with Crippen molar-refractivity contribution in [1.29, 1.82) is 0 Å². The summed E-state index contributed by atoms with van der Waals surface area (Å²) >= 11 is 9.39. The van der Waals surface area contributed by atoms with Crippen molar-refractivity contribution >= 4 is 50.8 Å². The monoisotopic (exact) mass is 243 g/mol. The van der Waals surface area contributed by atoms with Crippen LogP contribution in [0.4, 0.5) is 0 Å². The van der Waals surface area contributed by atoms with Crippen molar-refractivity contribution in [2.45, 2.75) is 0 Å². The van der Waals surface area contributed by atoms with Crippen molar-refractivity contribution in [1.82, 2.24) is 4.98 Å². The van der Waals surface area contributed by atoms with Crippen LogP contribution in [0, 0.1) is 0 Å². The molecule has 0 saturated carbocycles. The van der Waals surface area contributed by atoms with E-state index in [4.69, 9.17) is 12.2 Å². The largest absolute Gasteiger partial charge is 0.354 e. The van der Waals surface area contributed by atoms with E-state index < -0.39 is 0 Å². The average molecular weight is 243 g/mol. The number of H-pyrrole nitrogens is 1. The molecule has 0 aliphatic heterocycles. The van der Waals surface area contributed by atoms with Gasteiger partial charge in [0.25, 0.3) is 0 Å². The number of aromatic nitrogens is 1. The van der Waals surface area contributed by atoms with E-state index >= 15 is 0 Å². The van der Waals surface area contributed by atoms with E-state index in [9.17, 15) is 0 Å². The topological polar surface area (TPSA) is 15.8 Å². The number of fused-ring (bicyclic) bond motifs is 3. The maximum atomic E-state index is 5.14. The fourth-order valence-electron chi connectivity index (χ4n) is 2.05. The molecule has 0 fully saturated rings. The molecule has 16 heavy (non-hydrogen) atoms. The Bertz CT molecular complexity index is 697. The van der Waals surface area contributed by atoms with Crippen LogP contribution < -0.4 is 0 Å². The zero-order valence-electron chi connectivity index (χ0n) is 8.40. The van der Waals surface area contributed by atoms with Crippen LogP contribution in [-0.4, -0.2) is 9.18 Å². The van der Waals surface area contributed by atoms with Gasteiger partial charge in [0.15, 0.2) is 0 Å². The number of aromatic amines is 1. The number of hydrogen-bond donors (Lipinski definition) is 2. The molecule has 1 N–H and O–H groups in total. The summed E-state index contributed by atoms with van der Waals surface area (Å²) in [4.78, 5) is 3.39. The summed E-state index contributed by atoms with van der Waals surface area (Å²) < 4.78 is 0.622. The molecule has 0 aliphatic rings. The highest BCUT2D eigenvalue weighted by molar-refractivity contribution is 8.11. The zero-order chi connectivity index (χ0) is 11.1. The smallest absolute Gasteiger partial charge is 0.0768 e. The molecule has 0 amide bonds. The Kier molecular flexibility index (Phi) is 2.23. The third kappa shape index (κ3) is 1.36. The van der Waals surface area contributed by atoms with Crippen LogP contribution in [0.25, 0.3) is 21.8 Å². The predicted molar refractivity (Wildman–Crippen MR) is 76.5 cm³/mol. The molecule has 0 spiro atoms. The van der Waals surface area contributed by atoms with Gasteiger partial charge in [0.1, 0.15) is 0 Å². The van der Waals surface area contributed by atoms with Gasteiger partial charge in [-0.05, 0) is 6.07 Å². The number of nitrogens with one attached hydrogen (secondary N) is 1. The molecule has 0 bridgehead atoms. The molecule has 1 nitrogen and oxygen atoms in total. The van der Waals surface area contributed by atoms with Crippen LogP contribution in [-0.2, 0) is 0 Å². The SMILES string of the molecule is S=C(S)c1cccc2c1[nH]c1ccccc12. The van der Waals surface area contributed by atoms with E-state index in [0.717, 1.165) is 16.6 Å². The van der Waals surface area contributed by atoms with Gasteiger partial charge in [-0.1, -0.05) is 48.6 Å². The number of para-hydroxylation sites is 2. The highest BCUT2D eigenvalue weighted by Gasteiger charge is 2.08. The summed E-state index contributed by atoms with van der Waals surface area (Å²) in [7, 11) is 0. The lowest BCUT2D eigenvalue weighted by Gasteiger charge is -1.98. The van der Waals surface area contributed by atoms with Crippen molar-refractivity contribution in [3.05, 3.63) is 48.0 Å². The fourth-order valence-corrected chi connectivity index (χ4v) is 2.41. The molecule has 1 aromatic heterocycles. The molecular formula is C13H9NS2. The minimum atomic E-state index is 0.622. The quantitative estimate of drug-likeness (QED) is 0.489. The first-order valence-corrected chi connectivity index (χ1v) is 5.85. The van der Waals surface area contributed by atoms with Crippen LogP contribution in [0.3, 0.4) is 0 Å². The minimum absolute atomic E-state index is 0.622. The first-order chi connectivity index (χ1) is 7.77. The second kappa shape index (κ2) is 3.61. The Morgan fingerprint density at radius 2 is 1.75 bits per heavy atom. The van der Waals surface area contributed by atoms with Gasteiger partial charge in [-0.2, -0.15) is 0 Å². The van der Waals surface area contributed by atoms with E-state index in [0.29, 0.717) is 4.20 Å². The van der Waals surface area contributed by atoms with E-state index in [1.54, 1.807) is 0 Å². The lowest BCUT2D eigenvalue weighted by molar-refractivity contribution is 1.54. The van der Waals surface area contributed by atoms with Crippen LogP contribution in [0.2, 0.25) is 0 Å². The van der Waals surface area contributed by atoms with Gasteiger partial charge in [-0.25, -0.2) is 0 Å². The maximum absolute atomic E-state index is 5.14. The van der Waals surface area contributed by atoms with E-state index in [1.807, 2.05) is 24.3 Å².